The molecule has 0 aliphatic heterocycles. The summed E-state index contributed by atoms with van der Waals surface area (Å²) in [7, 11) is 0. The van der Waals surface area contributed by atoms with Crippen LogP contribution >= 0.6 is 11.3 Å². The molecule has 0 aliphatic carbocycles. The van der Waals surface area contributed by atoms with Crippen LogP contribution in [0.1, 0.15) is 10.4 Å². The summed E-state index contributed by atoms with van der Waals surface area (Å²) in [5.41, 5.74) is 0.921. The van der Waals surface area contributed by atoms with Crippen molar-refractivity contribution in [2.75, 3.05) is 0 Å². The Labute approximate surface area is 68.8 Å². The number of carbonyl (C=O) groups is 1. The van der Waals surface area contributed by atoms with Gasteiger partial charge in [-0.3, -0.25) is 4.79 Å². The maximum Gasteiger partial charge on any atom is 0.142 e. The molecule has 1 aromatic heterocycles. The number of hydrogen-bond acceptors (Lipinski definition) is 3. The van der Waals surface area contributed by atoms with Gasteiger partial charge in [0.1, 0.15) is 6.29 Å². The summed E-state index contributed by atoms with van der Waals surface area (Å²) in [6, 6.07) is 1.87. The summed E-state index contributed by atoms with van der Waals surface area (Å²) in [6.45, 7) is 0.0379. The minimum atomic E-state index is 0.0379. The highest BCUT2D eigenvalue weighted by molar-refractivity contribution is 7.10. The van der Waals surface area contributed by atoms with Crippen molar-refractivity contribution in [1.82, 2.24) is 0 Å². The third-order valence-corrected chi connectivity index (χ3v) is 2.20. The van der Waals surface area contributed by atoms with E-state index < -0.39 is 0 Å². The molecule has 11 heavy (non-hydrogen) atoms. The van der Waals surface area contributed by atoms with Gasteiger partial charge >= 0.3 is 0 Å². The van der Waals surface area contributed by atoms with Gasteiger partial charge in [0.2, 0.25) is 0 Å². The average molecular weight is 168 g/mol. The largest absolute Gasteiger partial charge is 0.391 e. The number of hydrogen-bond donors (Lipinski definition) is 1. The van der Waals surface area contributed by atoms with Crippen molar-refractivity contribution in [2.24, 2.45) is 0 Å². The molecule has 0 fully saturated rings. The first kappa shape index (κ1) is 8.17. The van der Waals surface area contributed by atoms with Crippen LogP contribution in [0, 0.1) is 0 Å². The summed E-state index contributed by atoms with van der Waals surface area (Å²) >= 11 is 1.48. The van der Waals surface area contributed by atoms with Gasteiger partial charge in [-0.25, -0.2) is 0 Å². The van der Waals surface area contributed by atoms with Gasteiger partial charge in [0.25, 0.3) is 0 Å². The summed E-state index contributed by atoms with van der Waals surface area (Å²) in [6.07, 6.45) is 3.83. The first-order valence-corrected chi connectivity index (χ1v) is 4.05. The molecule has 0 aliphatic rings. The van der Waals surface area contributed by atoms with Crippen LogP contribution in [-0.4, -0.2) is 11.4 Å². The topological polar surface area (TPSA) is 37.3 Å². The van der Waals surface area contributed by atoms with Crippen LogP contribution in [0.15, 0.2) is 17.5 Å². The Kier molecular flexibility index (Phi) is 3.01. The second-order valence-electron chi connectivity index (χ2n) is 1.95. The van der Waals surface area contributed by atoms with Crippen LogP contribution in [0.25, 0.3) is 6.08 Å². The molecule has 1 aromatic rings. The van der Waals surface area contributed by atoms with E-state index in [1.165, 1.54) is 17.4 Å². The molecule has 1 N–H and O–H groups in total. The molecule has 0 spiro atoms. The van der Waals surface area contributed by atoms with E-state index in [-0.39, 0.29) is 6.61 Å². The molecule has 0 unspecified atom stereocenters. The Balaban J connectivity index is 2.84. The molecule has 3 heteroatoms. The summed E-state index contributed by atoms with van der Waals surface area (Å²) < 4.78 is 0. The second-order valence-corrected chi connectivity index (χ2v) is 2.95. The Bertz CT molecular complexity index is 263. The zero-order valence-electron chi connectivity index (χ0n) is 5.86. The first-order chi connectivity index (χ1) is 5.38. The lowest BCUT2D eigenvalue weighted by atomic mass is 10.2. The number of allylic oxidation sites excluding steroid dienone is 1. The van der Waals surface area contributed by atoms with Crippen molar-refractivity contribution in [3.05, 3.63) is 28.0 Å². The van der Waals surface area contributed by atoms with Crippen molar-refractivity contribution in [2.45, 2.75) is 6.61 Å². The maximum absolute atomic E-state index is 9.95. The van der Waals surface area contributed by atoms with Gasteiger partial charge in [0, 0.05) is 4.88 Å². The number of aliphatic hydroxyl groups excluding tert-OH is 1. The van der Waals surface area contributed by atoms with Gasteiger partial charge in [-0.15, -0.1) is 11.3 Å². The quantitative estimate of drug-likeness (QED) is 0.548. The molecule has 58 valence electrons. The number of carbonyl (C=O) groups excluding carboxylic acids is 1. The standard InChI is InChI=1S/C8H8O2S/c9-4-1-2-7-3-5-11-8(7)6-10/h1-5,10H,6H2. The predicted octanol–water partition coefficient (Wildman–Crippen LogP) is 1.45. The Morgan fingerprint density at radius 2 is 2.45 bits per heavy atom. The third-order valence-electron chi connectivity index (χ3n) is 1.28. The molecule has 2 nitrogen and oxygen atoms in total. The van der Waals surface area contributed by atoms with Gasteiger partial charge < -0.3 is 5.11 Å². The fraction of sp³-hybridized carbons (Fsp3) is 0.125. The van der Waals surface area contributed by atoms with Gasteiger partial charge in [0.05, 0.1) is 6.61 Å². The molecule has 0 atom stereocenters. The zero-order chi connectivity index (χ0) is 8.10. The van der Waals surface area contributed by atoms with E-state index in [0.717, 1.165) is 16.7 Å². The van der Waals surface area contributed by atoms with Crippen molar-refractivity contribution in [1.29, 1.82) is 0 Å². The number of aldehydes is 1. The number of aliphatic hydroxyl groups is 1. The summed E-state index contributed by atoms with van der Waals surface area (Å²) in [5.74, 6) is 0. The van der Waals surface area contributed by atoms with Crippen LogP contribution in [0.5, 0.6) is 0 Å². The van der Waals surface area contributed by atoms with E-state index >= 15 is 0 Å². The molecule has 0 saturated carbocycles. The van der Waals surface area contributed by atoms with Crippen LogP contribution < -0.4 is 0 Å². The highest BCUT2D eigenvalue weighted by Crippen LogP contribution is 2.17. The Hall–Kier alpha value is -0.930. The van der Waals surface area contributed by atoms with Crippen LogP contribution in [-0.2, 0) is 11.4 Å². The van der Waals surface area contributed by atoms with E-state index in [2.05, 4.69) is 0 Å². The van der Waals surface area contributed by atoms with E-state index in [1.807, 2.05) is 11.4 Å². The van der Waals surface area contributed by atoms with Gasteiger partial charge in [0.15, 0.2) is 0 Å². The van der Waals surface area contributed by atoms with Crippen molar-refractivity contribution >= 4 is 23.7 Å². The smallest absolute Gasteiger partial charge is 0.142 e. The molecule has 0 bridgehead atoms. The van der Waals surface area contributed by atoms with Crippen molar-refractivity contribution in [3.8, 4) is 0 Å². The lowest BCUT2D eigenvalue weighted by Gasteiger charge is -1.90. The number of rotatable bonds is 3. The first-order valence-electron chi connectivity index (χ1n) is 3.17. The molecular formula is C8H8O2S. The lowest BCUT2D eigenvalue weighted by Crippen LogP contribution is -1.78. The van der Waals surface area contributed by atoms with Crippen molar-refractivity contribution < 1.29 is 9.90 Å². The molecule has 0 radical (unpaired) electrons. The Morgan fingerprint density at radius 3 is 3.09 bits per heavy atom. The SMILES string of the molecule is O=CC=Cc1ccsc1CO. The van der Waals surface area contributed by atoms with Crippen molar-refractivity contribution in [3.63, 3.8) is 0 Å². The van der Waals surface area contributed by atoms with Gasteiger partial charge in [-0.2, -0.15) is 0 Å². The van der Waals surface area contributed by atoms with E-state index in [0.29, 0.717) is 0 Å². The molecule has 0 aromatic carbocycles. The number of thiophene rings is 1. The summed E-state index contributed by atoms with van der Waals surface area (Å²) in [5, 5.41) is 10.7. The second kappa shape index (κ2) is 4.05. The fourth-order valence-corrected chi connectivity index (χ4v) is 1.50. The van der Waals surface area contributed by atoms with E-state index in [1.54, 1.807) is 6.08 Å². The van der Waals surface area contributed by atoms with E-state index in [4.69, 9.17) is 5.11 Å². The van der Waals surface area contributed by atoms with Gasteiger partial charge in [-0.05, 0) is 23.1 Å². The van der Waals surface area contributed by atoms with Crippen LogP contribution in [0.3, 0.4) is 0 Å². The maximum atomic E-state index is 9.95. The normalized spacial score (nSPS) is 10.6. The molecule has 1 rings (SSSR count). The van der Waals surface area contributed by atoms with Gasteiger partial charge in [-0.1, -0.05) is 6.08 Å². The molecule has 1 heterocycles. The van der Waals surface area contributed by atoms with Crippen LogP contribution in [0.4, 0.5) is 0 Å². The highest BCUT2D eigenvalue weighted by Gasteiger charge is 1.97. The fourth-order valence-electron chi connectivity index (χ4n) is 0.770. The lowest BCUT2D eigenvalue weighted by molar-refractivity contribution is -0.104. The van der Waals surface area contributed by atoms with Crippen LogP contribution in [0.2, 0.25) is 0 Å². The monoisotopic (exact) mass is 168 g/mol. The highest BCUT2D eigenvalue weighted by atomic mass is 32.1. The summed E-state index contributed by atoms with van der Waals surface area (Å²) in [4.78, 5) is 10.8. The molecule has 0 saturated heterocycles. The predicted molar refractivity (Wildman–Crippen MR) is 45.3 cm³/mol. The third kappa shape index (κ3) is 2.00. The minimum Gasteiger partial charge on any atom is -0.391 e. The Morgan fingerprint density at radius 1 is 1.64 bits per heavy atom. The molecular weight excluding hydrogens is 160 g/mol. The zero-order valence-corrected chi connectivity index (χ0v) is 6.67. The average Bonchev–Trinajstić information content (AvgIpc) is 2.47. The van der Waals surface area contributed by atoms with E-state index in [9.17, 15) is 4.79 Å². The minimum absolute atomic E-state index is 0.0379. The molecule has 0 amide bonds.